The summed E-state index contributed by atoms with van der Waals surface area (Å²) >= 11 is 0. The van der Waals surface area contributed by atoms with Gasteiger partial charge in [0, 0.05) is 41.9 Å². The highest BCUT2D eigenvalue weighted by molar-refractivity contribution is 6.08. The Kier molecular flexibility index (Phi) is 5.85. The van der Waals surface area contributed by atoms with Gasteiger partial charge in [-0.05, 0) is 42.8 Å². The molecule has 4 aromatic rings. The molecule has 0 aliphatic rings. The lowest BCUT2D eigenvalue weighted by atomic mass is 10.1. The molecule has 4 rings (SSSR count). The van der Waals surface area contributed by atoms with Crippen molar-refractivity contribution in [1.82, 2.24) is 5.43 Å². The van der Waals surface area contributed by atoms with Gasteiger partial charge >= 0.3 is 5.91 Å². The molecule has 0 saturated heterocycles. The summed E-state index contributed by atoms with van der Waals surface area (Å²) in [4.78, 5) is 25.4. The summed E-state index contributed by atoms with van der Waals surface area (Å²) in [5, 5.41) is 18.1. The highest BCUT2D eigenvalue weighted by Crippen LogP contribution is 2.28. The van der Waals surface area contributed by atoms with Crippen molar-refractivity contribution in [2.75, 3.05) is 18.0 Å². The summed E-state index contributed by atoms with van der Waals surface area (Å²) in [6.07, 6.45) is 1.41. The maximum atomic E-state index is 12.6. The van der Waals surface area contributed by atoms with Crippen molar-refractivity contribution in [2.45, 2.75) is 13.8 Å². The number of nitrogens with zero attached hydrogens (tertiary/aromatic N) is 3. The monoisotopic (exact) mass is 430 g/mol. The molecule has 1 amide bonds. The predicted molar refractivity (Wildman–Crippen MR) is 125 cm³/mol. The van der Waals surface area contributed by atoms with E-state index < -0.39 is 10.8 Å². The van der Waals surface area contributed by atoms with Crippen molar-refractivity contribution >= 4 is 45.2 Å². The number of carbonyl (C=O) groups excluding carboxylic acids is 1. The molecular weight excluding hydrogens is 408 g/mol. The lowest BCUT2D eigenvalue weighted by Gasteiger charge is -2.22. The number of non-ortho nitro benzene ring substituents is 1. The fourth-order valence-electron chi connectivity index (χ4n) is 3.73. The van der Waals surface area contributed by atoms with Crippen molar-refractivity contribution in [3.63, 3.8) is 0 Å². The van der Waals surface area contributed by atoms with Gasteiger partial charge in [-0.25, -0.2) is 5.43 Å². The van der Waals surface area contributed by atoms with Crippen LogP contribution in [0.2, 0.25) is 0 Å². The number of anilines is 1. The Morgan fingerprint density at radius 1 is 1.09 bits per heavy atom. The second kappa shape index (κ2) is 8.89. The van der Waals surface area contributed by atoms with Crippen LogP contribution in [0.1, 0.15) is 30.0 Å². The normalized spacial score (nSPS) is 11.3. The van der Waals surface area contributed by atoms with E-state index in [1.807, 2.05) is 50.2 Å². The molecule has 0 atom stereocenters. The third kappa shape index (κ3) is 4.02. The molecule has 162 valence electrons. The number of benzene rings is 3. The predicted octanol–water partition coefficient (Wildman–Crippen LogP) is 5.10. The number of hydrazone groups is 1. The summed E-state index contributed by atoms with van der Waals surface area (Å²) in [6, 6.07) is 17.9. The lowest BCUT2D eigenvalue weighted by molar-refractivity contribution is -0.384. The van der Waals surface area contributed by atoms with Crippen LogP contribution in [0.4, 0.5) is 11.4 Å². The number of hydrogen-bond acceptors (Lipinski definition) is 6. The standard InChI is InChI=1S/C24H22N4O4/c1-3-27(4-2)21-11-10-18(28(30)31)13-17(21)15-25-26-24(29)23-14-20-19-8-6-5-7-16(19)9-12-22(20)32-23/h5-15H,3-4H2,1-2H3,(H,26,29). The van der Waals surface area contributed by atoms with E-state index in [2.05, 4.69) is 15.4 Å². The van der Waals surface area contributed by atoms with Crippen LogP contribution in [-0.4, -0.2) is 30.1 Å². The molecule has 0 unspecified atom stereocenters. The average molecular weight is 430 g/mol. The maximum Gasteiger partial charge on any atom is 0.307 e. The Labute approximate surface area is 184 Å². The minimum absolute atomic E-state index is 0.0437. The molecule has 0 bridgehead atoms. The summed E-state index contributed by atoms with van der Waals surface area (Å²) in [7, 11) is 0. The van der Waals surface area contributed by atoms with Gasteiger partial charge in [-0.15, -0.1) is 0 Å². The molecule has 0 aliphatic carbocycles. The maximum absolute atomic E-state index is 12.6. The van der Waals surface area contributed by atoms with Gasteiger partial charge in [0.25, 0.3) is 5.69 Å². The van der Waals surface area contributed by atoms with Gasteiger partial charge in [-0.3, -0.25) is 14.9 Å². The van der Waals surface area contributed by atoms with Crippen LogP contribution in [0, 0.1) is 10.1 Å². The van der Waals surface area contributed by atoms with Crippen LogP contribution in [-0.2, 0) is 0 Å². The molecule has 0 saturated carbocycles. The molecule has 8 nitrogen and oxygen atoms in total. The first-order valence-corrected chi connectivity index (χ1v) is 10.3. The van der Waals surface area contributed by atoms with Crippen molar-refractivity contribution in [3.05, 3.63) is 82.1 Å². The van der Waals surface area contributed by atoms with Crippen LogP contribution < -0.4 is 10.3 Å². The summed E-state index contributed by atoms with van der Waals surface area (Å²) in [5.74, 6) is -0.368. The molecule has 32 heavy (non-hydrogen) atoms. The van der Waals surface area contributed by atoms with E-state index in [0.717, 1.165) is 34.9 Å². The largest absolute Gasteiger partial charge is 0.451 e. The second-order valence-electron chi connectivity index (χ2n) is 7.18. The van der Waals surface area contributed by atoms with Crippen LogP contribution in [0.3, 0.4) is 0 Å². The van der Waals surface area contributed by atoms with Gasteiger partial charge in [-0.2, -0.15) is 5.10 Å². The number of nitro benzene ring substituents is 1. The Balaban J connectivity index is 1.60. The molecule has 1 heterocycles. The van der Waals surface area contributed by atoms with Gasteiger partial charge in [-0.1, -0.05) is 30.3 Å². The van der Waals surface area contributed by atoms with Crippen molar-refractivity contribution in [1.29, 1.82) is 0 Å². The van der Waals surface area contributed by atoms with Gasteiger partial charge in [0.1, 0.15) is 5.58 Å². The third-order valence-electron chi connectivity index (χ3n) is 5.35. The highest BCUT2D eigenvalue weighted by Gasteiger charge is 2.15. The number of fused-ring (bicyclic) bond motifs is 3. The minimum atomic E-state index is -0.503. The van der Waals surface area contributed by atoms with Gasteiger partial charge in [0.2, 0.25) is 0 Å². The van der Waals surface area contributed by atoms with E-state index in [9.17, 15) is 14.9 Å². The molecule has 0 spiro atoms. The quantitative estimate of drug-likeness (QED) is 0.250. The minimum Gasteiger partial charge on any atom is -0.451 e. The first-order chi connectivity index (χ1) is 15.5. The van der Waals surface area contributed by atoms with E-state index in [-0.39, 0.29) is 11.4 Å². The molecule has 1 N–H and O–H groups in total. The smallest absolute Gasteiger partial charge is 0.307 e. The molecule has 1 aromatic heterocycles. The van der Waals surface area contributed by atoms with E-state index >= 15 is 0 Å². The number of rotatable bonds is 7. The molecule has 8 heteroatoms. The highest BCUT2D eigenvalue weighted by atomic mass is 16.6. The first kappa shape index (κ1) is 21.0. The number of amides is 1. The number of carbonyl (C=O) groups is 1. The van der Waals surface area contributed by atoms with E-state index in [4.69, 9.17) is 4.42 Å². The molecule has 0 radical (unpaired) electrons. The fourth-order valence-corrected chi connectivity index (χ4v) is 3.73. The van der Waals surface area contributed by atoms with Gasteiger partial charge in [0.05, 0.1) is 11.1 Å². The van der Waals surface area contributed by atoms with Crippen molar-refractivity contribution in [2.24, 2.45) is 5.10 Å². The van der Waals surface area contributed by atoms with Crippen LogP contribution >= 0.6 is 0 Å². The Hall–Kier alpha value is -4.20. The van der Waals surface area contributed by atoms with Crippen LogP contribution in [0.5, 0.6) is 0 Å². The molecule has 0 aliphatic heterocycles. The lowest BCUT2D eigenvalue weighted by Crippen LogP contribution is -2.23. The number of furan rings is 1. The zero-order valence-electron chi connectivity index (χ0n) is 17.7. The zero-order valence-corrected chi connectivity index (χ0v) is 17.7. The third-order valence-corrected chi connectivity index (χ3v) is 5.35. The molecule has 3 aromatic carbocycles. The number of nitro groups is 1. The molecular formula is C24H22N4O4. The zero-order chi connectivity index (χ0) is 22.7. The van der Waals surface area contributed by atoms with E-state index in [1.165, 1.54) is 18.3 Å². The van der Waals surface area contributed by atoms with Crippen molar-refractivity contribution < 1.29 is 14.1 Å². The Bertz CT molecular complexity index is 1340. The first-order valence-electron chi connectivity index (χ1n) is 10.3. The van der Waals surface area contributed by atoms with Gasteiger partial charge < -0.3 is 9.32 Å². The second-order valence-corrected chi connectivity index (χ2v) is 7.18. The Morgan fingerprint density at radius 3 is 2.62 bits per heavy atom. The van der Waals surface area contributed by atoms with Gasteiger partial charge in [0.15, 0.2) is 5.76 Å². The fraction of sp³-hybridized carbons (Fsp3) is 0.167. The summed E-state index contributed by atoms with van der Waals surface area (Å²) in [5.41, 5.74) is 4.36. The van der Waals surface area contributed by atoms with E-state index in [0.29, 0.717) is 11.1 Å². The summed E-state index contributed by atoms with van der Waals surface area (Å²) < 4.78 is 5.70. The average Bonchev–Trinajstić information content (AvgIpc) is 3.25. The van der Waals surface area contributed by atoms with E-state index in [1.54, 1.807) is 12.1 Å². The number of nitrogens with one attached hydrogen (secondary N) is 1. The topological polar surface area (TPSA) is 101 Å². The van der Waals surface area contributed by atoms with Crippen molar-refractivity contribution in [3.8, 4) is 0 Å². The van der Waals surface area contributed by atoms with Crippen LogP contribution in [0.15, 0.2) is 70.2 Å². The SMILES string of the molecule is CCN(CC)c1ccc([N+](=O)[O-])cc1C=NNC(=O)c1cc2c(ccc3ccccc32)o1. The molecule has 0 fully saturated rings. The van der Waals surface area contributed by atoms with Crippen LogP contribution in [0.25, 0.3) is 21.7 Å². The summed E-state index contributed by atoms with van der Waals surface area (Å²) in [6.45, 7) is 5.46. The number of hydrogen-bond donors (Lipinski definition) is 1. The Morgan fingerprint density at radius 2 is 1.88 bits per heavy atom.